The Bertz CT molecular complexity index is 314. The van der Waals surface area contributed by atoms with Crippen LogP contribution in [0.4, 0.5) is 0 Å². The molecule has 15 heavy (non-hydrogen) atoms. The summed E-state index contributed by atoms with van der Waals surface area (Å²) in [6, 6.07) is 2.49. The van der Waals surface area contributed by atoms with Crippen LogP contribution in [0.15, 0.2) is 0 Å². The van der Waals surface area contributed by atoms with E-state index in [2.05, 4.69) is 19.9 Å². The lowest BCUT2D eigenvalue weighted by molar-refractivity contribution is -0.201. The topological polar surface area (TPSA) is 44.0 Å². The lowest BCUT2D eigenvalue weighted by Gasteiger charge is -2.66. The van der Waals surface area contributed by atoms with Crippen LogP contribution in [-0.4, -0.2) is 10.7 Å². The Kier molecular flexibility index (Phi) is 1.45. The van der Waals surface area contributed by atoms with Crippen molar-refractivity contribution in [2.75, 3.05) is 0 Å². The smallest absolute Gasteiger partial charge is 0.0691 e. The van der Waals surface area contributed by atoms with Crippen LogP contribution in [0.2, 0.25) is 0 Å². The van der Waals surface area contributed by atoms with Gasteiger partial charge >= 0.3 is 0 Å². The summed E-state index contributed by atoms with van der Waals surface area (Å²) >= 11 is 0. The van der Waals surface area contributed by atoms with Crippen molar-refractivity contribution in [3.63, 3.8) is 0 Å². The Morgan fingerprint density at radius 2 is 1.87 bits per heavy atom. The number of nitriles is 1. The molecule has 4 rings (SSSR count). The third-order valence-corrected chi connectivity index (χ3v) is 4.64. The van der Waals surface area contributed by atoms with Gasteiger partial charge in [-0.15, -0.1) is 0 Å². The molecule has 4 fully saturated rings. The second-order valence-corrected chi connectivity index (χ2v) is 6.99. The Morgan fingerprint density at radius 1 is 1.13 bits per heavy atom. The van der Waals surface area contributed by atoms with E-state index < -0.39 is 5.60 Å². The molecule has 4 saturated carbocycles. The molecule has 4 unspecified atom stereocenters. The van der Waals surface area contributed by atoms with Crippen molar-refractivity contribution in [2.24, 2.45) is 16.2 Å². The molecule has 0 heterocycles. The molecule has 4 aliphatic carbocycles. The van der Waals surface area contributed by atoms with E-state index in [1.165, 1.54) is 0 Å². The van der Waals surface area contributed by atoms with Gasteiger partial charge in [-0.05, 0) is 56.3 Å². The maximum atomic E-state index is 10.5. The number of nitrogens with zero attached hydrogens (tertiary/aromatic N) is 1. The average Bonchev–Trinajstić information content (AvgIpc) is 1.94. The zero-order chi connectivity index (χ0) is 10.9. The van der Waals surface area contributed by atoms with Gasteiger partial charge in [0.15, 0.2) is 0 Å². The first-order chi connectivity index (χ1) is 6.80. The quantitative estimate of drug-likeness (QED) is 0.658. The maximum absolute atomic E-state index is 10.5. The molecule has 0 spiro atoms. The maximum Gasteiger partial charge on any atom is 0.0691 e. The zero-order valence-electron chi connectivity index (χ0n) is 9.34. The van der Waals surface area contributed by atoms with Crippen LogP contribution >= 0.6 is 0 Å². The molecular formula is C13H18NO. The SMILES string of the molecule is [CH2]C12CC3(C)CC(O)(C1)CC(C#N)(C2)C3. The second kappa shape index (κ2) is 2.25. The average molecular weight is 204 g/mol. The van der Waals surface area contributed by atoms with E-state index in [1.54, 1.807) is 0 Å². The van der Waals surface area contributed by atoms with Gasteiger partial charge in [-0.3, -0.25) is 0 Å². The Balaban J connectivity index is 2.11. The van der Waals surface area contributed by atoms with Crippen molar-refractivity contribution < 1.29 is 5.11 Å². The number of rotatable bonds is 0. The van der Waals surface area contributed by atoms with E-state index in [0.717, 1.165) is 32.1 Å². The highest BCUT2D eigenvalue weighted by Crippen LogP contribution is 2.70. The molecule has 1 radical (unpaired) electrons. The summed E-state index contributed by atoms with van der Waals surface area (Å²) in [5.74, 6) is 0. The van der Waals surface area contributed by atoms with E-state index >= 15 is 0 Å². The second-order valence-electron chi connectivity index (χ2n) is 6.99. The summed E-state index contributed by atoms with van der Waals surface area (Å²) < 4.78 is 0. The first-order valence-electron chi connectivity index (χ1n) is 5.79. The lowest BCUT2D eigenvalue weighted by Crippen LogP contribution is -2.62. The van der Waals surface area contributed by atoms with E-state index in [-0.39, 0.29) is 16.2 Å². The minimum atomic E-state index is -0.596. The van der Waals surface area contributed by atoms with Gasteiger partial charge in [-0.1, -0.05) is 6.92 Å². The molecule has 0 amide bonds. The van der Waals surface area contributed by atoms with Crippen LogP contribution in [0.25, 0.3) is 0 Å². The summed E-state index contributed by atoms with van der Waals surface area (Å²) in [5, 5.41) is 19.9. The van der Waals surface area contributed by atoms with E-state index in [1.807, 2.05) is 0 Å². The standard InChI is InChI=1S/C13H18NO/c1-10-3-11(2)5-12(4-10,9-14)8-13(15,6-10)7-11/h15H,1,3-8H2,2H3. The van der Waals surface area contributed by atoms with Crippen LogP contribution in [0.5, 0.6) is 0 Å². The molecule has 0 aromatic carbocycles. The van der Waals surface area contributed by atoms with Gasteiger partial charge in [-0.25, -0.2) is 0 Å². The van der Waals surface area contributed by atoms with E-state index in [0.29, 0.717) is 6.42 Å². The largest absolute Gasteiger partial charge is 0.390 e. The van der Waals surface area contributed by atoms with Crippen LogP contribution in [0.3, 0.4) is 0 Å². The Labute approximate surface area is 91.3 Å². The van der Waals surface area contributed by atoms with Gasteiger partial charge in [0, 0.05) is 0 Å². The summed E-state index contributed by atoms with van der Waals surface area (Å²) in [4.78, 5) is 0. The summed E-state index contributed by atoms with van der Waals surface area (Å²) in [6.45, 7) is 6.53. The van der Waals surface area contributed by atoms with Crippen molar-refractivity contribution in [2.45, 2.75) is 51.0 Å². The first kappa shape index (κ1) is 9.66. The molecule has 0 aliphatic heterocycles. The minimum Gasteiger partial charge on any atom is -0.390 e. The molecule has 0 aromatic heterocycles. The van der Waals surface area contributed by atoms with Gasteiger partial charge < -0.3 is 5.11 Å². The van der Waals surface area contributed by atoms with Crippen molar-refractivity contribution in [3.8, 4) is 6.07 Å². The molecular weight excluding hydrogens is 186 g/mol. The predicted molar refractivity (Wildman–Crippen MR) is 56.6 cm³/mol. The van der Waals surface area contributed by atoms with Crippen LogP contribution in [-0.2, 0) is 0 Å². The summed E-state index contributed by atoms with van der Waals surface area (Å²) in [7, 11) is 0. The molecule has 4 bridgehead atoms. The predicted octanol–water partition coefficient (Wildman–Crippen LogP) is 2.44. The fraction of sp³-hybridized carbons (Fsp3) is 0.846. The van der Waals surface area contributed by atoms with Crippen LogP contribution < -0.4 is 0 Å². The van der Waals surface area contributed by atoms with Crippen molar-refractivity contribution in [1.29, 1.82) is 5.26 Å². The Morgan fingerprint density at radius 3 is 2.40 bits per heavy atom. The van der Waals surface area contributed by atoms with Crippen molar-refractivity contribution >= 4 is 0 Å². The highest BCUT2D eigenvalue weighted by Gasteiger charge is 2.65. The monoisotopic (exact) mass is 204 g/mol. The van der Waals surface area contributed by atoms with Crippen molar-refractivity contribution in [3.05, 3.63) is 6.92 Å². The molecule has 4 aliphatic rings. The van der Waals surface area contributed by atoms with E-state index in [4.69, 9.17) is 0 Å². The lowest BCUT2D eigenvalue weighted by atomic mass is 9.39. The van der Waals surface area contributed by atoms with Crippen LogP contribution in [0, 0.1) is 34.5 Å². The van der Waals surface area contributed by atoms with Gasteiger partial charge in [-0.2, -0.15) is 5.26 Å². The molecule has 1 N–H and O–H groups in total. The molecule has 0 aromatic rings. The third-order valence-electron chi connectivity index (χ3n) is 4.64. The molecule has 81 valence electrons. The fourth-order valence-corrected chi connectivity index (χ4v) is 5.43. The highest BCUT2D eigenvalue weighted by molar-refractivity contribution is 5.23. The van der Waals surface area contributed by atoms with Gasteiger partial charge in [0.1, 0.15) is 0 Å². The summed E-state index contributed by atoms with van der Waals surface area (Å²) in [6.07, 6.45) is 5.32. The third kappa shape index (κ3) is 1.19. The highest BCUT2D eigenvalue weighted by atomic mass is 16.3. The number of aliphatic hydroxyl groups is 1. The molecule has 0 saturated heterocycles. The molecule has 4 atom stereocenters. The van der Waals surface area contributed by atoms with Crippen molar-refractivity contribution in [1.82, 2.24) is 0 Å². The first-order valence-corrected chi connectivity index (χ1v) is 5.79. The van der Waals surface area contributed by atoms with Crippen LogP contribution in [0.1, 0.15) is 45.4 Å². The normalized spacial score (nSPS) is 61.7. The van der Waals surface area contributed by atoms with Gasteiger partial charge in [0.25, 0.3) is 0 Å². The number of hydrogen-bond donors (Lipinski definition) is 1. The fourth-order valence-electron chi connectivity index (χ4n) is 5.43. The number of hydrogen-bond acceptors (Lipinski definition) is 2. The zero-order valence-corrected chi connectivity index (χ0v) is 9.34. The van der Waals surface area contributed by atoms with Gasteiger partial charge in [0.2, 0.25) is 0 Å². The molecule has 2 heteroatoms. The Hall–Kier alpha value is -0.550. The van der Waals surface area contributed by atoms with Gasteiger partial charge in [0.05, 0.1) is 17.1 Å². The minimum absolute atomic E-state index is 0.0337. The summed E-state index contributed by atoms with van der Waals surface area (Å²) in [5.41, 5.74) is -0.754. The van der Waals surface area contributed by atoms with E-state index in [9.17, 15) is 10.4 Å². The molecule has 2 nitrogen and oxygen atoms in total.